The molecule has 0 aliphatic carbocycles. The Morgan fingerprint density at radius 2 is 2.11 bits per heavy atom. The molecular formula is C22H27N3O3. The number of rotatable bonds is 6. The number of amides is 1. The molecule has 3 heterocycles. The molecule has 2 aliphatic rings. The smallest absolute Gasteiger partial charge is 0.252 e. The van der Waals surface area contributed by atoms with Gasteiger partial charge in [-0.25, -0.2) is 0 Å². The molecule has 1 aromatic heterocycles. The van der Waals surface area contributed by atoms with E-state index >= 15 is 0 Å². The zero-order chi connectivity index (χ0) is 19.5. The molecule has 1 amide bonds. The van der Waals surface area contributed by atoms with Crippen LogP contribution in [-0.2, 0) is 0 Å². The van der Waals surface area contributed by atoms with Gasteiger partial charge in [0.1, 0.15) is 0 Å². The van der Waals surface area contributed by atoms with E-state index in [2.05, 4.69) is 29.0 Å². The van der Waals surface area contributed by atoms with E-state index in [9.17, 15) is 4.79 Å². The van der Waals surface area contributed by atoms with Gasteiger partial charge in [0.25, 0.3) is 5.91 Å². The Hall–Kier alpha value is -2.60. The van der Waals surface area contributed by atoms with Crippen molar-refractivity contribution >= 4 is 5.91 Å². The molecule has 2 aromatic rings. The zero-order valence-corrected chi connectivity index (χ0v) is 16.5. The van der Waals surface area contributed by atoms with Gasteiger partial charge in [0, 0.05) is 31.4 Å². The van der Waals surface area contributed by atoms with Gasteiger partial charge in [0.05, 0.1) is 11.3 Å². The monoisotopic (exact) mass is 381 g/mol. The number of aromatic nitrogens is 1. The summed E-state index contributed by atoms with van der Waals surface area (Å²) in [7, 11) is 0. The zero-order valence-electron chi connectivity index (χ0n) is 16.5. The van der Waals surface area contributed by atoms with Crippen molar-refractivity contribution in [3.05, 3.63) is 42.1 Å². The van der Waals surface area contributed by atoms with E-state index in [1.165, 1.54) is 0 Å². The minimum atomic E-state index is -0.0629. The Kier molecular flexibility index (Phi) is 5.48. The molecule has 0 unspecified atom stereocenters. The van der Waals surface area contributed by atoms with Crippen molar-refractivity contribution in [3.63, 3.8) is 0 Å². The van der Waals surface area contributed by atoms with E-state index in [1.807, 2.05) is 30.3 Å². The van der Waals surface area contributed by atoms with Crippen LogP contribution in [0.5, 0.6) is 11.5 Å². The highest BCUT2D eigenvalue weighted by Crippen LogP contribution is 2.35. The van der Waals surface area contributed by atoms with Crippen LogP contribution in [0.15, 0.2) is 36.5 Å². The minimum absolute atomic E-state index is 0.0629. The maximum atomic E-state index is 12.5. The third-order valence-electron chi connectivity index (χ3n) is 5.24. The van der Waals surface area contributed by atoms with E-state index in [0.717, 1.165) is 55.4 Å². The van der Waals surface area contributed by atoms with Gasteiger partial charge in [0.2, 0.25) is 6.79 Å². The van der Waals surface area contributed by atoms with Crippen LogP contribution in [-0.4, -0.2) is 48.8 Å². The number of carbonyl (C=O) groups is 1. The van der Waals surface area contributed by atoms with E-state index in [0.29, 0.717) is 17.4 Å². The van der Waals surface area contributed by atoms with E-state index in [4.69, 9.17) is 9.47 Å². The lowest BCUT2D eigenvalue weighted by Gasteiger charge is -2.18. The van der Waals surface area contributed by atoms with Crippen LogP contribution in [0.1, 0.15) is 30.6 Å². The second-order valence-corrected chi connectivity index (χ2v) is 8.02. The van der Waals surface area contributed by atoms with Crippen LogP contribution in [0.2, 0.25) is 0 Å². The summed E-state index contributed by atoms with van der Waals surface area (Å²) in [6.07, 6.45) is 2.78. The Morgan fingerprint density at radius 3 is 2.89 bits per heavy atom. The number of hydrogen-bond donors (Lipinski definition) is 1. The van der Waals surface area contributed by atoms with Crippen molar-refractivity contribution in [3.8, 4) is 22.8 Å². The summed E-state index contributed by atoms with van der Waals surface area (Å²) in [5, 5.41) is 3.07. The molecule has 1 aromatic carbocycles. The van der Waals surface area contributed by atoms with Crippen molar-refractivity contribution in [1.82, 2.24) is 15.2 Å². The van der Waals surface area contributed by atoms with Gasteiger partial charge in [0.15, 0.2) is 11.5 Å². The SMILES string of the molecule is CC(C)CN1CC[C@@H](CNC(=O)c2ccc(-c3ccc4c(c3)OCO4)nc2)C1. The average molecular weight is 381 g/mol. The normalized spacial score (nSPS) is 18.6. The lowest BCUT2D eigenvalue weighted by Crippen LogP contribution is -2.31. The van der Waals surface area contributed by atoms with E-state index < -0.39 is 0 Å². The molecule has 6 nitrogen and oxygen atoms in total. The molecule has 1 atom stereocenters. The van der Waals surface area contributed by atoms with Crippen molar-refractivity contribution in [2.24, 2.45) is 11.8 Å². The third kappa shape index (κ3) is 4.28. The van der Waals surface area contributed by atoms with Crippen molar-refractivity contribution in [2.45, 2.75) is 20.3 Å². The summed E-state index contributed by atoms with van der Waals surface area (Å²) < 4.78 is 10.7. The highest BCUT2D eigenvalue weighted by atomic mass is 16.7. The fourth-order valence-corrected chi connectivity index (χ4v) is 3.86. The standard InChI is InChI=1S/C22H27N3O3/c1-15(2)12-25-8-7-16(13-25)10-24-22(26)18-3-5-19(23-11-18)17-4-6-20-21(9-17)28-14-27-20/h3-6,9,11,15-16H,7-8,10,12-14H2,1-2H3,(H,24,26)/t16-/m0/s1. The second-order valence-electron chi connectivity index (χ2n) is 8.02. The molecule has 1 saturated heterocycles. The molecule has 1 fully saturated rings. The summed E-state index contributed by atoms with van der Waals surface area (Å²) >= 11 is 0. The Balaban J connectivity index is 1.32. The highest BCUT2D eigenvalue weighted by Gasteiger charge is 2.23. The molecule has 0 saturated carbocycles. The summed E-state index contributed by atoms with van der Waals surface area (Å²) in [5.74, 6) is 2.63. The van der Waals surface area contributed by atoms with Crippen molar-refractivity contribution < 1.29 is 14.3 Å². The topological polar surface area (TPSA) is 63.7 Å². The first-order chi connectivity index (χ1) is 13.6. The van der Waals surface area contributed by atoms with Gasteiger partial charge in [-0.2, -0.15) is 0 Å². The fourth-order valence-electron chi connectivity index (χ4n) is 3.86. The van der Waals surface area contributed by atoms with Gasteiger partial charge in [-0.05, 0) is 55.1 Å². The van der Waals surface area contributed by atoms with Gasteiger partial charge in [-0.15, -0.1) is 0 Å². The molecule has 6 heteroatoms. The van der Waals surface area contributed by atoms with Crippen LogP contribution >= 0.6 is 0 Å². The number of fused-ring (bicyclic) bond motifs is 1. The summed E-state index contributed by atoms with van der Waals surface area (Å²) in [6, 6.07) is 9.42. The Labute approximate surface area is 165 Å². The number of carbonyl (C=O) groups excluding carboxylic acids is 1. The quantitative estimate of drug-likeness (QED) is 0.833. The number of hydrogen-bond acceptors (Lipinski definition) is 5. The van der Waals surface area contributed by atoms with Crippen LogP contribution in [0, 0.1) is 11.8 Å². The predicted molar refractivity (Wildman–Crippen MR) is 108 cm³/mol. The van der Waals surface area contributed by atoms with Gasteiger partial charge in [-0.1, -0.05) is 13.8 Å². The Morgan fingerprint density at radius 1 is 1.25 bits per heavy atom. The first-order valence-corrected chi connectivity index (χ1v) is 9.95. The van der Waals surface area contributed by atoms with E-state index in [-0.39, 0.29) is 12.7 Å². The number of nitrogens with zero attached hydrogens (tertiary/aromatic N) is 2. The fraction of sp³-hybridized carbons (Fsp3) is 0.455. The molecular weight excluding hydrogens is 354 g/mol. The number of likely N-dealkylation sites (tertiary alicyclic amines) is 1. The molecule has 1 N–H and O–H groups in total. The summed E-state index contributed by atoms with van der Waals surface area (Å²) in [5.41, 5.74) is 2.32. The molecule has 4 rings (SSSR count). The molecule has 0 spiro atoms. The van der Waals surface area contributed by atoms with Crippen LogP contribution < -0.4 is 14.8 Å². The molecule has 2 aliphatic heterocycles. The van der Waals surface area contributed by atoms with Crippen molar-refractivity contribution in [1.29, 1.82) is 0 Å². The summed E-state index contributed by atoms with van der Waals surface area (Å²) in [4.78, 5) is 19.4. The summed E-state index contributed by atoms with van der Waals surface area (Å²) in [6.45, 7) is 8.80. The number of ether oxygens (including phenoxy) is 2. The average Bonchev–Trinajstić information content (AvgIpc) is 3.34. The van der Waals surface area contributed by atoms with Crippen LogP contribution in [0.3, 0.4) is 0 Å². The molecule has 28 heavy (non-hydrogen) atoms. The van der Waals surface area contributed by atoms with Gasteiger partial charge in [-0.3, -0.25) is 9.78 Å². The predicted octanol–water partition coefficient (Wildman–Crippen LogP) is 3.19. The lowest BCUT2D eigenvalue weighted by molar-refractivity contribution is 0.0947. The largest absolute Gasteiger partial charge is 0.454 e. The molecule has 148 valence electrons. The highest BCUT2D eigenvalue weighted by molar-refractivity contribution is 5.94. The first-order valence-electron chi connectivity index (χ1n) is 9.95. The molecule has 0 radical (unpaired) electrons. The first kappa shape index (κ1) is 18.7. The lowest BCUT2D eigenvalue weighted by atomic mass is 10.1. The van der Waals surface area contributed by atoms with Crippen molar-refractivity contribution in [2.75, 3.05) is 33.0 Å². The second kappa shape index (κ2) is 8.19. The molecule has 0 bridgehead atoms. The number of nitrogens with one attached hydrogen (secondary N) is 1. The van der Waals surface area contributed by atoms with Gasteiger partial charge >= 0.3 is 0 Å². The van der Waals surface area contributed by atoms with Gasteiger partial charge < -0.3 is 19.7 Å². The minimum Gasteiger partial charge on any atom is -0.454 e. The van der Waals surface area contributed by atoms with E-state index in [1.54, 1.807) is 6.20 Å². The number of benzene rings is 1. The maximum absolute atomic E-state index is 12.5. The van der Waals surface area contributed by atoms with Crippen LogP contribution in [0.4, 0.5) is 0 Å². The third-order valence-corrected chi connectivity index (χ3v) is 5.24. The van der Waals surface area contributed by atoms with Crippen LogP contribution in [0.25, 0.3) is 11.3 Å². The Bertz CT molecular complexity index is 835. The maximum Gasteiger partial charge on any atom is 0.252 e. The number of pyridine rings is 1.